The minimum Gasteiger partial charge on any atom is -0.341 e. The predicted octanol–water partition coefficient (Wildman–Crippen LogP) is 3.52. The van der Waals surface area contributed by atoms with Crippen molar-refractivity contribution in [2.24, 2.45) is 0 Å². The van der Waals surface area contributed by atoms with Gasteiger partial charge in [0.1, 0.15) is 5.82 Å². The molecule has 1 amide bonds. The first-order chi connectivity index (χ1) is 12.0. The fraction of sp³-hybridized carbons (Fsp3) is 0.211. The van der Waals surface area contributed by atoms with Gasteiger partial charge in [0.05, 0.1) is 17.8 Å². The first kappa shape index (κ1) is 16.8. The second kappa shape index (κ2) is 7.25. The quantitative estimate of drug-likeness (QED) is 0.774. The molecule has 5 nitrogen and oxygen atoms in total. The number of nitrogens with zero attached hydrogens (tertiary/aromatic N) is 3. The van der Waals surface area contributed by atoms with Gasteiger partial charge < -0.3 is 5.32 Å². The fourth-order valence-corrected chi connectivity index (χ4v) is 2.52. The number of hydrogen-bond donors (Lipinski definition) is 1. The second-order valence-electron chi connectivity index (χ2n) is 6.04. The largest absolute Gasteiger partial charge is 0.341 e. The van der Waals surface area contributed by atoms with Crippen molar-refractivity contribution in [3.63, 3.8) is 0 Å². The maximum Gasteiger partial charge on any atom is 0.255 e. The summed E-state index contributed by atoms with van der Waals surface area (Å²) in [6.07, 6.45) is 6.58. The fourth-order valence-electron chi connectivity index (χ4n) is 2.52. The summed E-state index contributed by atoms with van der Waals surface area (Å²) in [7, 11) is 0. The van der Waals surface area contributed by atoms with E-state index in [9.17, 15) is 9.18 Å². The van der Waals surface area contributed by atoms with Crippen LogP contribution in [0.4, 0.5) is 4.39 Å². The van der Waals surface area contributed by atoms with E-state index in [4.69, 9.17) is 0 Å². The van der Waals surface area contributed by atoms with Crippen LogP contribution in [0.3, 0.4) is 0 Å². The van der Waals surface area contributed by atoms with Crippen LogP contribution < -0.4 is 5.32 Å². The normalized spacial score (nSPS) is 12.2. The zero-order chi connectivity index (χ0) is 17.8. The summed E-state index contributed by atoms with van der Waals surface area (Å²) in [6.45, 7) is 3.99. The molecule has 0 aliphatic carbocycles. The summed E-state index contributed by atoms with van der Waals surface area (Å²) in [5, 5.41) is 7.19. The van der Waals surface area contributed by atoms with Crippen LogP contribution >= 0.6 is 0 Å². The van der Waals surface area contributed by atoms with Gasteiger partial charge in [-0.25, -0.2) is 4.39 Å². The average Bonchev–Trinajstić information content (AvgIpc) is 3.12. The van der Waals surface area contributed by atoms with E-state index >= 15 is 0 Å². The van der Waals surface area contributed by atoms with Gasteiger partial charge in [-0.1, -0.05) is 12.1 Å². The molecule has 128 valence electrons. The van der Waals surface area contributed by atoms with Crippen LogP contribution in [0.25, 0.3) is 0 Å². The number of carbonyl (C=O) groups excluding carboxylic acids is 1. The summed E-state index contributed by atoms with van der Waals surface area (Å²) in [6, 6.07) is 9.51. The molecule has 0 unspecified atom stereocenters. The summed E-state index contributed by atoms with van der Waals surface area (Å²) < 4.78 is 15.0. The molecule has 0 bridgehead atoms. The molecule has 3 rings (SSSR count). The Morgan fingerprint density at radius 3 is 2.32 bits per heavy atom. The van der Waals surface area contributed by atoms with E-state index in [1.807, 2.05) is 26.0 Å². The number of pyridine rings is 1. The number of rotatable bonds is 5. The molecule has 2 aromatic heterocycles. The second-order valence-corrected chi connectivity index (χ2v) is 6.04. The van der Waals surface area contributed by atoms with Crippen LogP contribution in [0.1, 0.15) is 47.4 Å². The third-order valence-corrected chi connectivity index (χ3v) is 3.91. The van der Waals surface area contributed by atoms with Gasteiger partial charge in [-0.3, -0.25) is 14.5 Å². The van der Waals surface area contributed by atoms with E-state index < -0.39 is 6.04 Å². The Bertz CT molecular complexity index is 843. The van der Waals surface area contributed by atoms with Crippen molar-refractivity contribution < 1.29 is 9.18 Å². The van der Waals surface area contributed by atoms with Crippen molar-refractivity contribution in [3.8, 4) is 0 Å². The lowest BCUT2D eigenvalue weighted by molar-refractivity contribution is 0.0943. The number of amides is 1. The zero-order valence-electron chi connectivity index (χ0n) is 14.1. The van der Waals surface area contributed by atoms with Crippen LogP contribution in [0.2, 0.25) is 0 Å². The van der Waals surface area contributed by atoms with Crippen molar-refractivity contribution in [1.82, 2.24) is 20.1 Å². The minimum atomic E-state index is -0.404. The minimum absolute atomic E-state index is 0.176. The molecule has 3 aromatic rings. The topological polar surface area (TPSA) is 59.8 Å². The van der Waals surface area contributed by atoms with Gasteiger partial charge in [0.25, 0.3) is 5.91 Å². The molecule has 0 saturated carbocycles. The summed E-state index contributed by atoms with van der Waals surface area (Å²) in [4.78, 5) is 16.7. The van der Waals surface area contributed by atoms with Crippen molar-refractivity contribution in [2.75, 3.05) is 0 Å². The number of hydrogen-bond acceptors (Lipinski definition) is 3. The molecule has 25 heavy (non-hydrogen) atoms. The van der Waals surface area contributed by atoms with E-state index in [2.05, 4.69) is 15.4 Å². The molecule has 0 fully saturated rings. The van der Waals surface area contributed by atoms with Crippen LogP contribution in [-0.4, -0.2) is 20.7 Å². The predicted molar refractivity (Wildman–Crippen MR) is 92.6 cm³/mol. The lowest BCUT2D eigenvalue weighted by atomic mass is 9.99. The van der Waals surface area contributed by atoms with Crippen molar-refractivity contribution in [3.05, 3.63) is 83.7 Å². The molecule has 0 aliphatic rings. The maximum absolute atomic E-state index is 13.3. The van der Waals surface area contributed by atoms with Gasteiger partial charge >= 0.3 is 0 Å². The Morgan fingerprint density at radius 2 is 1.72 bits per heavy atom. The Labute approximate surface area is 145 Å². The lowest BCUT2D eigenvalue weighted by Gasteiger charge is -2.19. The number of nitrogens with one attached hydrogen (secondary N) is 1. The van der Waals surface area contributed by atoms with E-state index in [0.29, 0.717) is 5.56 Å². The average molecular weight is 338 g/mol. The zero-order valence-corrected chi connectivity index (χ0v) is 14.1. The van der Waals surface area contributed by atoms with Crippen LogP contribution in [0.15, 0.2) is 61.2 Å². The van der Waals surface area contributed by atoms with Gasteiger partial charge in [-0.05, 0) is 49.2 Å². The Balaban J connectivity index is 1.89. The van der Waals surface area contributed by atoms with Gasteiger partial charge in [0, 0.05) is 24.6 Å². The highest BCUT2D eigenvalue weighted by Gasteiger charge is 2.19. The molecule has 1 aromatic carbocycles. The summed E-state index contributed by atoms with van der Waals surface area (Å²) in [5.41, 5.74) is 2.14. The van der Waals surface area contributed by atoms with Gasteiger partial charge in [-0.2, -0.15) is 5.10 Å². The van der Waals surface area contributed by atoms with Gasteiger partial charge in [0.2, 0.25) is 0 Å². The van der Waals surface area contributed by atoms with E-state index in [0.717, 1.165) is 11.1 Å². The molecule has 2 heterocycles. The Hall–Kier alpha value is -3.02. The highest BCUT2D eigenvalue weighted by molar-refractivity contribution is 5.94. The molecule has 0 saturated heterocycles. The molecule has 1 N–H and O–H groups in total. The third kappa shape index (κ3) is 3.91. The van der Waals surface area contributed by atoms with Crippen molar-refractivity contribution in [2.45, 2.75) is 25.9 Å². The van der Waals surface area contributed by atoms with E-state index in [-0.39, 0.29) is 17.8 Å². The molecule has 0 radical (unpaired) electrons. The van der Waals surface area contributed by atoms with Gasteiger partial charge in [-0.15, -0.1) is 0 Å². The molecular formula is C19H19FN4O. The lowest BCUT2D eigenvalue weighted by Crippen LogP contribution is -2.29. The molecular weight excluding hydrogens is 319 g/mol. The van der Waals surface area contributed by atoms with Gasteiger partial charge in [0.15, 0.2) is 0 Å². The first-order valence-corrected chi connectivity index (χ1v) is 8.05. The highest BCUT2D eigenvalue weighted by atomic mass is 19.1. The molecule has 0 aliphatic heterocycles. The Kier molecular flexibility index (Phi) is 4.88. The van der Waals surface area contributed by atoms with Crippen LogP contribution in [0, 0.1) is 5.82 Å². The summed E-state index contributed by atoms with van der Waals surface area (Å²) >= 11 is 0. The van der Waals surface area contributed by atoms with Crippen molar-refractivity contribution >= 4 is 5.91 Å². The number of benzene rings is 1. The van der Waals surface area contributed by atoms with Crippen LogP contribution in [0.5, 0.6) is 0 Å². The van der Waals surface area contributed by atoms with Crippen LogP contribution in [-0.2, 0) is 0 Å². The first-order valence-electron chi connectivity index (χ1n) is 8.05. The number of halogens is 1. The van der Waals surface area contributed by atoms with Crippen molar-refractivity contribution in [1.29, 1.82) is 0 Å². The molecule has 1 atom stereocenters. The number of aromatic nitrogens is 3. The molecule has 0 spiro atoms. The Morgan fingerprint density at radius 1 is 1.08 bits per heavy atom. The number of carbonyl (C=O) groups is 1. The van der Waals surface area contributed by atoms with E-state index in [1.54, 1.807) is 41.6 Å². The maximum atomic E-state index is 13.3. The third-order valence-electron chi connectivity index (χ3n) is 3.91. The SMILES string of the molecule is CC(C)n1cc(C(=O)N[C@H](c2ccncc2)c2ccc(F)cc2)cn1. The standard InChI is InChI=1S/C19H19FN4O/c1-13(2)24-12-16(11-22-24)19(25)23-18(15-7-9-21-10-8-15)14-3-5-17(20)6-4-14/h3-13,18H,1-2H3,(H,23,25)/t18-/m0/s1. The highest BCUT2D eigenvalue weighted by Crippen LogP contribution is 2.22. The summed E-state index contributed by atoms with van der Waals surface area (Å²) in [5.74, 6) is -0.556. The molecule has 6 heteroatoms. The van der Waals surface area contributed by atoms with E-state index in [1.165, 1.54) is 12.1 Å². The monoisotopic (exact) mass is 338 g/mol. The smallest absolute Gasteiger partial charge is 0.255 e.